The molecule has 0 fully saturated rings. The summed E-state index contributed by atoms with van der Waals surface area (Å²) in [5.41, 5.74) is 2.34. The molecule has 2 rings (SSSR count). The molecule has 2 heteroatoms. The van der Waals surface area contributed by atoms with Crippen LogP contribution in [-0.2, 0) is 4.79 Å². The lowest BCUT2D eigenvalue weighted by atomic mass is 10.0. The maximum absolute atomic E-state index is 11.7. The summed E-state index contributed by atoms with van der Waals surface area (Å²) in [6.45, 7) is 11.9. The predicted octanol–water partition coefficient (Wildman–Crippen LogP) is 5.40. The molecule has 0 aromatic heterocycles. The van der Waals surface area contributed by atoms with Crippen molar-refractivity contribution in [2.45, 2.75) is 33.1 Å². The van der Waals surface area contributed by atoms with Crippen LogP contribution in [0.5, 0.6) is 5.75 Å². The number of ketones is 1. The standard InChI is InChI=1S/C21H24O2/c1-15(2)20(22)16(3)9-7-8-14-23-21-17(4)12-13-18-10-5-6-11-19(18)21/h5-6,10-13H,1,3,7-9,14H2,2,4H3. The van der Waals surface area contributed by atoms with Gasteiger partial charge in [0.1, 0.15) is 5.75 Å². The minimum atomic E-state index is -0.0178. The lowest BCUT2D eigenvalue weighted by Gasteiger charge is -2.12. The van der Waals surface area contributed by atoms with Crippen molar-refractivity contribution >= 4 is 16.6 Å². The molecule has 120 valence electrons. The maximum Gasteiger partial charge on any atom is 0.183 e. The van der Waals surface area contributed by atoms with Gasteiger partial charge in [-0.1, -0.05) is 49.6 Å². The Morgan fingerprint density at radius 2 is 1.83 bits per heavy atom. The first-order valence-electron chi connectivity index (χ1n) is 8.00. The number of hydrogen-bond acceptors (Lipinski definition) is 2. The molecule has 0 aliphatic carbocycles. The number of ether oxygens (including phenoxy) is 1. The third-order valence-electron chi connectivity index (χ3n) is 3.90. The van der Waals surface area contributed by atoms with E-state index in [0.717, 1.165) is 29.5 Å². The highest BCUT2D eigenvalue weighted by Crippen LogP contribution is 2.29. The van der Waals surface area contributed by atoms with Gasteiger partial charge in [-0.15, -0.1) is 0 Å². The van der Waals surface area contributed by atoms with Gasteiger partial charge < -0.3 is 4.74 Å². The van der Waals surface area contributed by atoms with Gasteiger partial charge in [0.25, 0.3) is 0 Å². The normalized spacial score (nSPS) is 10.5. The number of carbonyl (C=O) groups is 1. The number of Topliss-reactive ketones (excluding diaryl/α,β-unsaturated/α-hetero) is 1. The Morgan fingerprint density at radius 3 is 2.57 bits per heavy atom. The number of unbranched alkanes of at least 4 members (excludes halogenated alkanes) is 1. The van der Waals surface area contributed by atoms with Gasteiger partial charge in [0.2, 0.25) is 0 Å². The summed E-state index contributed by atoms with van der Waals surface area (Å²) in [7, 11) is 0. The minimum Gasteiger partial charge on any atom is -0.493 e. The average molecular weight is 308 g/mol. The molecule has 0 aliphatic rings. The molecule has 0 saturated carbocycles. The first kappa shape index (κ1) is 17.0. The molecule has 0 N–H and O–H groups in total. The zero-order chi connectivity index (χ0) is 16.8. The van der Waals surface area contributed by atoms with E-state index >= 15 is 0 Å². The van der Waals surface area contributed by atoms with E-state index in [1.807, 2.05) is 12.1 Å². The van der Waals surface area contributed by atoms with Crippen LogP contribution in [0.2, 0.25) is 0 Å². The molecule has 0 bridgehead atoms. The highest BCUT2D eigenvalue weighted by molar-refractivity contribution is 6.06. The molecule has 0 aliphatic heterocycles. The van der Waals surface area contributed by atoms with Gasteiger partial charge in [0, 0.05) is 5.39 Å². The number of carbonyl (C=O) groups excluding carboxylic acids is 1. The third kappa shape index (κ3) is 4.32. The number of rotatable bonds is 8. The molecular formula is C21H24O2. The smallest absolute Gasteiger partial charge is 0.183 e. The zero-order valence-electron chi connectivity index (χ0n) is 14.0. The van der Waals surface area contributed by atoms with Crippen LogP contribution in [0, 0.1) is 6.92 Å². The molecule has 2 nitrogen and oxygen atoms in total. The Balaban J connectivity index is 1.88. The largest absolute Gasteiger partial charge is 0.493 e. The number of allylic oxidation sites excluding steroid dienone is 2. The quantitative estimate of drug-likeness (QED) is 0.482. The van der Waals surface area contributed by atoms with Crippen molar-refractivity contribution in [3.63, 3.8) is 0 Å². The van der Waals surface area contributed by atoms with Crippen LogP contribution in [0.15, 0.2) is 60.7 Å². The van der Waals surface area contributed by atoms with E-state index in [2.05, 4.69) is 44.3 Å². The molecule has 0 saturated heterocycles. The van der Waals surface area contributed by atoms with E-state index in [0.29, 0.717) is 24.2 Å². The van der Waals surface area contributed by atoms with Crippen LogP contribution >= 0.6 is 0 Å². The first-order chi connectivity index (χ1) is 11.0. The van der Waals surface area contributed by atoms with Gasteiger partial charge in [-0.3, -0.25) is 4.79 Å². The van der Waals surface area contributed by atoms with Crippen molar-refractivity contribution in [1.29, 1.82) is 0 Å². The second-order valence-electron chi connectivity index (χ2n) is 5.95. The van der Waals surface area contributed by atoms with Crippen molar-refractivity contribution in [3.8, 4) is 5.75 Å². The fraction of sp³-hybridized carbons (Fsp3) is 0.286. The molecule has 0 amide bonds. The molecule has 0 unspecified atom stereocenters. The third-order valence-corrected chi connectivity index (χ3v) is 3.90. The monoisotopic (exact) mass is 308 g/mol. The fourth-order valence-corrected chi connectivity index (χ4v) is 2.57. The minimum absolute atomic E-state index is 0.0178. The summed E-state index contributed by atoms with van der Waals surface area (Å²) in [4.78, 5) is 11.7. The van der Waals surface area contributed by atoms with Gasteiger partial charge >= 0.3 is 0 Å². The summed E-state index contributed by atoms with van der Waals surface area (Å²) in [5.74, 6) is 0.941. The second-order valence-corrected chi connectivity index (χ2v) is 5.95. The molecule has 23 heavy (non-hydrogen) atoms. The lowest BCUT2D eigenvalue weighted by molar-refractivity contribution is -0.112. The molecule has 2 aromatic carbocycles. The molecule has 2 aromatic rings. The summed E-state index contributed by atoms with van der Waals surface area (Å²) >= 11 is 0. The van der Waals surface area contributed by atoms with Crippen LogP contribution < -0.4 is 4.74 Å². The van der Waals surface area contributed by atoms with Crippen LogP contribution in [0.3, 0.4) is 0 Å². The summed E-state index contributed by atoms with van der Waals surface area (Å²) < 4.78 is 6.01. The summed E-state index contributed by atoms with van der Waals surface area (Å²) in [6.07, 6.45) is 2.48. The maximum atomic E-state index is 11.7. The Labute approximate surface area is 138 Å². The highest BCUT2D eigenvalue weighted by Gasteiger charge is 2.08. The topological polar surface area (TPSA) is 26.3 Å². The Morgan fingerprint density at radius 1 is 1.09 bits per heavy atom. The van der Waals surface area contributed by atoms with E-state index in [1.54, 1.807) is 6.92 Å². The first-order valence-corrected chi connectivity index (χ1v) is 8.00. The van der Waals surface area contributed by atoms with Crippen molar-refractivity contribution in [3.05, 3.63) is 66.3 Å². The Bertz CT molecular complexity index is 741. The van der Waals surface area contributed by atoms with Gasteiger partial charge in [0.05, 0.1) is 6.61 Å². The number of benzene rings is 2. The molecule has 0 radical (unpaired) electrons. The SMILES string of the molecule is C=C(C)C(=O)C(=C)CCCCOc1c(C)ccc2ccccc12. The van der Waals surface area contributed by atoms with Crippen molar-refractivity contribution in [1.82, 2.24) is 0 Å². The zero-order valence-corrected chi connectivity index (χ0v) is 14.0. The van der Waals surface area contributed by atoms with E-state index in [-0.39, 0.29) is 5.78 Å². The number of fused-ring (bicyclic) bond motifs is 1. The summed E-state index contributed by atoms with van der Waals surface area (Å²) in [6, 6.07) is 12.4. The number of aryl methyl sites for hydroxylation is 1. The molecular weight excluding hydrogens is 284 g/mol. The molecule has 0 atom stereocenters. The van der Waals surface area contributed by atoms with Crippen LogP contribution in [0.4, 0.5) is 0 Å². The van der Waals surface area contributed by atoms with E-state index < -0.39 is 0 Å². The molecule has 0 spiro atoms. The summed E-state index contributed by atoms with van der Waals surface area (Å²) in [5, 5.41) is 2.34. The van der Waals surface area contributed by atoms with E-state index in [1.165, 1.54) is 5.39 Å². The van der Waals surface area contributed by atoms with E-state index in [9.17, 15) is 4.79 Å². The Kier molecular flexibility index (Phi) is 5.75. The predicted molar refractivity (Wildman–Crippen MR) is 97.0 cm³/mol. The molecule has 0 heterocycles. The second kappa shape index (κ2) is 7.77. The van der Waals surface area contributed by atoms with Crippen LogP contribution in [0.25, 0.3) is 10.8 Å². The van der Waals surface area contributed by atoms with Crippen LogP contribution in [-0.4, -0.2) is 12.4 Å². The average Bonchev–Trinajstić information content (AvgIpc) is 2.55. The van der Waals surface area contributed by atoms with Crippen molar-refractivity contribution in [2.24, 2.45) is 0 Å². The fourth-order valence-electron chi connectivity index (χ4n) is 2.57. The van der Waals surface area contributed by atoms with Gasteiger partial charge in [-0.2, -0.15) is 0 Å². The Hall–Kier alpha value is -2.35. The lowest BCUT2D eigenvalue weighted by Crippen LogP contribution is -2.04. The van der Waals surface area contributed by atoms with Gasteiger partial charge in [-0.05, 0) is 55.2 Å². The van der Waals surface area contributed by atoms with E-state index in [4.69, 9.17) is 4.74 Å². The van der Waals surface area contributed by atoms with Crippen molar-refractivity contribution < 1.29 is 9.53 Å². The van der Waals surface area contributed by atoms with Crippen LogP contribution in [0.1, 0.15) is 31.7 Å². The highest BCUT2D eigenvalue weighted by atomic mass is 16.5. The van der Waals surface area contributed by atoms with Gasteiger partial charge in [0.15, 0.2) is 5.78 Å². The van der Waals surface area contributed by atoms with Crippen molar-refractivity contribution in [2.75, 3.05) is 6.61 Å². The number of hydrogen-bond donors (Lipinski definition) is 0. The van der Waals surface area contributed by atoms with Gasteiger partial charge in [-0.25, -0.2) is 0 Å².